The Morgan fingerprint density at radius 2 is 2.19 bits per heavy atom. The minimum absolute atomic E-state index is 0. The van der Waals surface area contributed by atoms with Gasteiger partial charge in [0.15, 0.2) is 0 Å². The summed E-state index contributed by atoms with van der Waals surface area (Å²) in [7, 11) is 0. The Morgan fingerprint density at radius 1 is 1.38 bits per heavy atom. The smallest absolute Gasteiger partial charge is 0.0674 e. The number of nitrogens with zero attached hydrogens (tertiary/aromatic N) is 1. The van der Waals surface area contributed by atoms with Crippen molar-refractivity contribution >= 4 is 12.4 Å². The molecule has 2 aliphatic heterocycles. The molecule has 0 amide bonds. The fourth-order valence-electron chi connectivity index (χ4n) is 2.64. The number of piperidine rings is 1. The van der Waals surface area contributed by atoms with E-state index in [4.69, 9.17) is 4.74 Å². The topological polar surface area (TPSA) is 24.5 Å². The number of hydrogen-bond donors (Lipinski definition) is 1. The summed E-state index contributed by atoms with van der Waals surface area (Å²) in [5.41, 5.74) is 0. The fraction of sp³-hybridized carbons (Fsp3) is 1.00. The second-order valence-corrected chi connectivity index (χ2v) is 5.16. The van der Waals surface area contributed by atoms with Crippen molar-refractivity contribution in [1.82, 2.24) is 10.2 Å². The van der Waals surface area contributed by atoms with Crippen molar-refractivity contribution in [2.45, 2.75) is 38.8 Å². The van der Waals surface area contributed by atoms with Crippen molar-refractivity contribution in [2.75, 3.05) is 32.8 Å². The van der Waals surface area contributed by atoms with Crippen molar-refractivity contribution in [3.8, 4) is 0 Å². The van der Waals surface area contributed by atoms with Crippen molar-refractivity contribution in [2.24, 2.45) is 5.92 Å². The summed E-state index contributed by atoms with van der Waals surface area (Å²) in [6, 6.07) is 0.600. The standard InChI is InChI=1S/C12H24N2O.ClH/c1-10-9-15-11(2)7-14(10)8-12-4-3-5-13-6-12;/h10-13H,3-9H2,1-2H3;1H. The van der Waals surface area contributed by atoms with Gasteiger partial charge in [-0.25, -0.2) is 0 Å². The van der Waals surface area contributed by atoms with E-state index in [1.807, 2.05) is 0 Å². The molecule has 0 radical (unpaired) electrons. The lowest BCUT2D eigenvalue weighted by atomic mass is 9.98. The van der Waals surface area contributed by atoms with E-state index in [9.17, 15) is 0 Å². The maximum atomic E-state index is 5.65. The van der Waals surface area contributed by atoms with E-state index in [0.717, 1.165) is 19.1 Å². The van der Waals surface area contributed by atoms with Crippen LogP contribution in [0.25, 0.3) is 0 Å². The lowest BCUT2D eigenvalue weighted by molar-refractivity contribution is -0.0550. The highest BCUT2D eigenvalue weighted by Crippen LogP contribution is 2.17. The van der Waals surface area contributed by atoms with Gasteiger partial charge in [0, 0.05) is 19.1 Å². The molecular weight excluding hydrogens is 224 g/mol. The first kappa shape index (κ1) is 14.2. The third kappa shape index (κ3) is 3.88. The van der Waals surface area contributed by atoms with Gasteiger partial charge >= 0.3 is 0 Å². The maximum Gasteiger partial charge on any atom is 0.0674 e. The van der Waals surface area contributed by atoms with E-state index in [1.165, 1.54) is 32.5 Å². The Bertz CT molecular complexity index is 197. The lowest BCUT2D eigenvalue weighted by Crippen LogP contribution is -2.50. The molecule has 96 valence electrons. The number of rotatable bonds is 2. The fourth-order valence-corrected chi connectivity index (χ4v) is 2.64. The molecule has 4 heteroatoms. The lowest BCUT2D eigenvalue weighted by Gasteiger charge is -2.39. The molecule has 2 saturated heterocycles. The van der Waals surface area contributed by atoms with Crippen LogP contribution < -0.4 is 5.32 Å². The summed E-state index contributed by atoms with van der Waals surface area (Å²) >= 11 is 0. The van der Waals surface area contributed by atoms with Crippen LogP contribution in [0.2, 0.25) is 0 Å². The molecule has 3 nitrogen and oxygen atoms in total. The van der Waals surface area contributed by atoms with Crippen LogP contribution in [-0.2, 0) is 4.74 Å². The van der Waals surface area contributed by atoms with E-state index in [0.29, 0.717) is 12.1 Å². The van der Waals surface area contributed by atoms with Gasteiger partial charge in [-0.1, -0.05) is 0 Å². The van der Waals surface area contributed by atoms with Crippen LogP contribution >= 0.6 is 12.4 Å². The third-order valence-corrected chi connectivity index (χ3v) is 3.63. The van der Waals surface area contributed by atoms with Gasteiger partial charge in [-0.3, -0.25) is 4.90 Å². The molecule has 2 aliphatic rings. The van der Waals surface area contributed by atoms with Crippen molar-refractivity contribution in [1.29, 1.82) is 0 Å². The molecule has 3 atom stereocenters. The SMILES string of the molecule is CC1CN(CC2CCCNC2)C(C)CO1.Cl. The largest absolute Gasteiger partial charge is 0.376 e. The van der Waals surface area contributed by atoms with E-state index >= 15 is 0 Å². The normalized spacial score (nSPS) is 36.8. The van der Waals surface area contributed by atoms with Gasteiger partial charge in [-0.15, -0.1) is 12.4 Å². The van der Waals surface area contributed by atoms with Gasteiger partial charge in [0.05, 0.1) is 12.7 Å². The van der Waals surface area contributed by atoms with Crippen LogP contribution in [0, 0.1) is 5.92 Å². The molecule has 1 N–H and O–H groups in total. The molecule has 0 aromatic rings. The first-order valence-electron chi connectivity index (χ1n) is 6.32. The Balaban J connectivity index is 0.00000128. The molecule has 2 fully saturated rings. The Labute approximate surface area is 105 Å². The number of nitrogens with one attached hydrogen (secondary N) is 1. The average molecular weight is 249 g/mol. The number of ether oxygens (including phenoxy) is 1. The van der Waals surface area contributed by atoms with Gasteiger partial charge in [0.1, 0.15) is 0 Å². The minimum Gasteiger partial charge on any atom is -0.376 e. The first-order chi connectivity index (χ1) is 7.25. The Hall–Kier alpha value is 0.170. The molecule has 3 unspecified atom stereocenters. The van der Waals surface area contributed by atoms with Gasteiger partial charge in [-0.05, 0) is 45.7 Å². The van der Waals surface area contributed by atoms with E-state index in [-0.39, 0.29) is 12.4 Å². The van der Waals surface area contributed by atoms with Gasteiger partial charge in [-0.2, -0.15) is 0 Å². The monoisotopic (exact) mass is 248 g/mol. The van der Waals surface area contributed by atoms with Crippen LogP contribution in [0.3, 0.4) is 0 Å². The maximum absolute atomic E-state index is 5.65. The van der Waals surface area contributed by atoms with Gasteiger partial charge in [0.2, 0.25) is 0 Å². The first-order valence-corrected chi connectivity index (χ1v) is 6.32. The summed E-state index contributed by atoms with van der Waals surface area (Å²) in [4.78, 5) is 2.60. The zero-order valence-electron chi connectivity index (χ0n) is 10.4. The minimum atomic E-state index is 0. The third-order valence-electron chi connectivity index (χ3n) is 3.63. The predicted molar refractivity (Wildman–Crippen MR) is 69.3 cm³/mol. The summed E-state index contributed by atoms with van der Waals surface area (Å²) in [5.74, 6) is 0.853. The summed E-state index contributed by atoms with van der Waals surface area (Å²) in [6.07, 6.45) is 3.16. The highest BCUT2D eigenvalue weighted by atomic mass is 35.5. The zero-order chi connectivity index (χ0) is 10.7. The van der Waals surface area contributed by atoms with Gasteiger partial charge < -0.3 is 10.1 Å². The Kier molecular flexibility index (Phi) is 6.05. The van der Waals surface area contributed by atoms with Crippen molar-refractivity contribution in [3.63, 3.8) is 0 Å². The molecule has 0 aromatic carbocycles. The molecular formula is C12H25ClN2O. The highest BCUT2D eigenvalue weighted by molar-refractivity contribution is 5.85. The summed E-state index contributed by atoms with van der Waals surface area (Å²) < 4.78 is 5.65. The van der Waals surface area contributed by atoms with Crippen LogP contribution in [0.15, 0.2) is 0 Å². The molecule has 0 bridgehead atoms. The number of hydrogen-bond acceptors (Lipinski definition) is 3. The van der Waals surface area contributed by atoms with Crippen LogP contribution in [0.1, 0.15) is 26.7 Å². The molecule has 16 heavy (non-hydrogen) atoms. The quantitative estimate of drug-likeness (QED) is 0.802. The van der Waals surface area contributed by atoms with E-state index < -0.39 is 0 Å². The van der Waals surface area contributed by atoms with Crippen molar-refractivity contribution in [3.05, 3.63) is 0 Å². The van der Waals surface area contributed by atoms with Crippen LogP contribution in [0.5, 0.6) is 0 Å². The molecule has 0 saturated carbocycles. The zero-order valence-corrected chi connectivity index (χ0v) is 11.3. The number of morpholine rings is 1. The average Bonchev–Trinajstić information content (AvgIpc) is 2.25. The Morgan fingerprint density at radius 3 is 2.88 bits per heavy atom. The van der Waals surface area contributed by atoms with Crippen LogP contribution in [0.4, 0.5) is 0 Å². The van der Waals surface area contributed by atoms with Gasteiger partial charge in [0.25, 0.3) is 0 Å². The van der Waals surface area contributed by atoms with Crippen LogP contribution in [-0.4, -0.2) is 49.8 Å². The molecule has 0 aliphatic carbocycles. The molecule has 0 spiro atoms. The van der Waals surface area contributed by atoms with E-state index in [1.54, 1.807) is 0 Å². The second-order valence-electron chi connectivity index (χ2n) is 5.16. The summed E-state index contributed by atoms with van der Waals surface area (Å²) in [6.45, 7) is 10.1. The van der Waals surface area contributed by atoms with E-state index in [2.05, 4.69) is 24.1 Å². The molecule has 0 aromatic heterocycles. The molecule has 2 heterocycles. The number of halogens is 1. The highest BCUT2D eigenvalue weighted by Gasteiger charge is 2.26. The molecule has 2 rings (SSSR count). The predicted octanol–water partition coefficient (Wildman–Crippen LogP) is 1.52. The van der Waals surface area contributed by atoms with Crippen molar-refractivity contribution < 1.29 is 4.74 Å². The second kappa shape index (κ2) is 6.80. The summed E-state index contributed by atoms with van der Waals surface area (Å²) in [5, 5.41) is 3.49.